The Morgan fingerprint density at radius 2 is 1.83 bits per heavy atom. The minimum atomic E-state index is -0.732. The van der Waals surface area contributed by atoms with Crippen molar-refractivity contribution in [2.45, 2.75) is 52.9 Å². The highest BCUT2D eigenvalue weighted by Gasteiger charge is 2.34. The van der Waals surface area contributed by atoms with Crippen molar-refractivity contribution in [3.05, 3.63) is 132 Å². The number of aromatic nitrogens is 1. The number of nitrogens with zero attached hydrogens (tertiary/aromatic N) is 2. The molecule has 10 heteroatoms. The largest absolute Gasteiger partial charge is 0.497 e. The summed E-state index contributed by atoms with van der Waals surface area (Å²) in [4.78, 5) is 32.8. The fraction of sp³-hybridized carbons (Fsp3) is 0.270. The number of allylic oxidation sites excluding steroid dienone is 2. The predicted molar refractivity (Wildman–Crippen MR) is 185 cm³/mol. The summed E-state index contributed by atoms with van der Waals surface area (Å²) in [5.74, 6) is 1.32. The van der Waals surface area contributed by atoms with Crippen molar-refractivity contribution in [1.29, 1.82) is 0 Å². The van der Waals surface area contributed by atoms with Gasteiger partial charge in [-0.05, 0) is 93.3 Å². The van der Waals surface area contributed by atoms with Gasteiger partial charge in [-0.25, -0.2) is 9.79 Å². The zero-order valence-corrected chi connectivity index (χ0v) is 28.6. The zero-order chi connectivity index (χ0) is 33.7. The Morgan fingerprint density at radius 3 is 2.47 bits per heavy atom. The molecule has 0 aliphatic carbocycles. The van der Waals surface area contributed by atoms with Crippen LogP contribution in [0.25, 0.3) is 6.08 Å². The van der Waals surface area contributed by atoms with E-state index in [0.29, 0.717) is 62.5 Å². The highest BCUT2D eigenvalue weighted by Crippen LogP contribution is 2.35. The number of ether oxygens (including phenoxy) is 4. The van der Waals surface area contributed by atoms with Gasteiger partial charge >= 0.3 is 5.97 Å². The van der Waals surface area contributed by atoms with Gasteiger partial charge < -0.3 is 18.9 Å². The third kappa shape index (κ3) is 7.53. The predicted octanol–water partition coefficient (Wildman–Crippen LogP) is 6.56. The second-order valence-electron chi connectivity index (χ2n) is 11.2. The van der Waals surface area contributed by atoms with Crippen LogP contribution in [0.4, 0.5) is 0 Å². The van der Waals surface area contributed by atoms with E-state index < -0.39 is 12.0 Å². The van der Waals surface area contributed by atoms with Gasteiger partial charge in [-0.3, -0.25) is 9.36 Å². The van der Waals surface area contributed by atoms with Gasteiger partial charge in [0.25, 0.3) is 5.56 Å². The molecule has 8 nitrogen and oxygen atoms in total. The van der Waals surface area contributed by atoms with Crippen LogP contribution in [-0.2, 0) is 22.6 Å². The van der Waals surface area contributed by atoms with Gasteiger partial charge in [0.05, 0.1) is 41.7 Å². The molecule has 5 rings (SSSR count). The number of thiazole rings is 1. The van der Waals surface area contributed by atoms with Crippen molar-refractivity contribution in [1.82, 2.24) is 4.57 Å². The van der Waals surface area contributed by atoms with Crippen molar-refractivity contribution in [3.63, 3.8) is 0 Å². The lowest BCUT2D eigenvalue weighted by Gasteiger charge is -2.25. The first-order chi connectivity index (χ1) is 22.6. The maximum Gasteiger partial charge on any atom is 0.338 e. The Hall–Kier alpha value is -4.60. The van der Waals surface area contributed by atoms with Crippen LogP contribution in [0.5, 0.6) is 17.2 Å². The Kier molecular flexibility index (Phi) is 10.7. The fourth-order valence-electron chi connectivity index (χ4n) is 5.35. The number of benzene rings is 3. The molecule has 0 N–H and O–H groups in total. The SMILES string of the molecule is C=CCc1cc(/C=c2/sc3n(c2=O)[C@@H](c2ccc(OC)cc2)C(C(=O)OC(C)C)=C(C)N=3)cc(OCC)c1OCc1ccc(Cl)cc1. The van der Waals surface area contributed by atoms with Crippen LogP contribution in [0.1, 0.15) is 56.0 Å². The minimum Gasteiger partial charge on any atom is -0.497 e. The van der Waals surface area contributed by atoms with Gasteiger partial charge in [0, 0.05) is 10.6 Å². The van der Waals surface area contributed by atoms with E-state index in [1.165, 1.54) is 11.3 Å². The van der Waals surface area contributed by atoms with E-state index >= 15 is 0 Å². The van der Waals surface area contributed by atoms with Gasteiger partial charge in [0.15, 0.2) is 16.3 Å². The second kappa shape index (κ2) is 14.9. The maximum absolute atomic E-state index is 14.2. The number of esters is 1. The van der Waals surface area contributed by atoms with Crippen LogP contribution in [0.15, 0.2) is 94.4 Å². The summed E-state index contributed by atoms with van der Waals surface area (Å²) in [6.07, 6.45) is 3.80. The number of carbonyl (C=O) groups is 1. The number of rotatable bonds is 12. The molecule has 1 aromatic heterocycles. The first-order valence-corrected chi connectivity index (χ1v) is 16.5. The molecule has 0 bridgehead atoms. The lowest BCUT2D eigenvalue weighted by atomic mass is 9.96. The van der Waals surface area contributed by atoms with E-state index in [9.17, 15) is 9.59 Å². The monoisotopic (exact) mass is 672 g/mol. The number of hydrogen-bond donors (Lipinski definition) is 0. The minimum absolute atomic E-state index is 0.275. The quantitative estimate of drug-likeness (QED) is 0.125. The van der Waals surface area contributed by atoms with Gasteiger partial charge in [-0.1, -0.05) is 53.3 Å². The normalized spacial score (nSPS) is 14.4. The second-order valence-corrected chi connectivity index (χ2v) is 12.6. The summed E-state index contributed by atoms with van der Waals surface area (Å²) < 4.78 is 25.3. The summed E-state index contributed by atoms with van der Waals surface area (Å²) in [6, 6.07) is 17.9. The zero-order valence-electron chi connectivity index (χ0n) is 27.0. The highest BCUT2D eigenvalue weighted by molar-refractivity contribution is 7.07. The molecule has 0 saturated carbocycles. The van der Waals surface area contributed by atoms with Crippen molar-refractivity contribution in [2.75, 3.05) is 13.7 Å². The molecule has 1 atom stereocenters. The molecule has 1 aliphatic heterocycles. The highest BCUT2D eigenvalue weighted by atomic mass is 35.5. The van der Waals surface area contributed by atoms with Crippen LogP contribution < -0.4 is 29.1 Å². The summed E-state index contributed by atoms with van der Waals surface area (Å²) in [7, 11) is 1.59. The fourth-order valence-corrected chi connectivity index (χ4v) is 6.52. The lowest BCUT2D eigenvalue weighted by Crippen LogP contribution is -2.40. The Bertz CT molecular complexity index is 1990. The van der Waals surface area contributed by atoms with Gasteiger partial charge in [-0.2, -0.15) is 0 Å². The van der Waals surface area contributed by atoms with E-state index in [0.717, 1.165) is 22.3 Å². The van der Waals surface area contributed by atoms with Crippen molar-refractivity contribution in [3.8, 4) is 17.2 Å². The molecule has 0 radical (unpaired) electrons. The lowest BCUT2D eigenvalue weighted by molar-refractivity contribution is -0.143. The van der Waals surface area contributed by atoms with Gasteiger partial charge in [0.1, 0.15) is 12.4 Å². The average molecular weight is 673 g/mol. The first-order valence-electron chi connectivity index (χ1n) is 15.3. The van der Waals surface area contributed by atoms with Crippen LogP contribution in [-0.4, -0.2) is 30.4 Å². The summed E-state index contributed by atoms with van der Waals surface area (Å²) >= 11 is 7.31. The molecule has 4 aromatic rings. The van der Waals surface area contributed by atoms with Crippen molar-refractivity contribution < 1.29 is 23.7 Å². The first kappa shape index (κ1) is 33.8. The Balaban J connectivity index is 1.62. The standard InChI is InChI=1S/C37H37ClN2O6S/c1-7-9-27-18-25(19-30(44-8-2)34(27)45-21-24-10-14-28(38)15-11-24)20-31-35(41)40-33(26-12-16-29(43-6)17-13-26)32(36(42)46-22(3)4)23(5)39-37(40)47-31/h7,10-20,22,33H,1,8-9,21H2,2-6H3/b31-20+/t33-/m0/s1. The summed E-state index contributed by atoms with van der Waals surface area (Å²) in [5, 5.41) is 0.655. The van der Waals surface area contributed by atoms with Crippen LogP contribution in [0.2, 0.25) is 5.02 Å². The van der Waals surface area contributed by atoms with Gasteiger partial charge in [0.2, 0.25) is 0 Å². The number of halogens is 1. The van der Waals surface area contributed by atoms with Crippen molar-refractivity contribution >= 4 is 35.0 Å². The smallest absolute Gasteiger partial charge is 0.338 e. The molecule has 1 aliphatic rings. The molecule has 0 spiro atoms. The molecule has 0 saturated heterocycles. The number of carbonyl (C=O) groups excluding carboxylic acids is 1. The third-order valence-electron chi connectivity index (χ3n) is 7.43. The van der Waals surface area contributed by atoms with E-state index in [1.54, 1.807) is 50.7 Å². The number of methoxy groups -OCH3 is 1. The number of hydrogen-bond acceptors (Lipinski definition) is 8. The molecule has 2 heterocycles. The molecular weight excluding hydrogens is 636 g/mol. The molecule has 0 amide bonds. The molecule has 0 fully saturated rings. The molecule has 0 unspecified atom stereocenters. The molecule has 244 valence electrons. The van der Waals surface area contributed by atoms with E-state index in [2.05, 4.69) is 6.58 Å². The van der Waals surface area contributed by atoms with Crippen molar-refractivity contribution in [2.24, 2.45) is 4.99 Å². The number of fused-ring (bicyclic) bond motifs is 1. The van der Waals surface area contributed by atoms with Gasteiger partial charge in [-0.15, -0.1) is 6.58 Å². The summed E-state index contributed by atoms with van der Waals surface area (Å²) in [5.41, 5.74) is 3.86. The van der Waals surface area contributed by atoms with E-state index in [1.807, 2.05) is 61.5 Å². The third-order valence-corrected chi connectivity index (χ3v) is 8.66. The molecular formula is C37H37ClN2O6S. The Labute approximate surface area is 282 Å². The Morgan fingerprint density at radius 1 is 1.11 bits per heavy atom. The van der Waals surface area contributed by atoms with Crippen LogP contribution >= 0.6 is 22.9 Å². The average Bonchev–Trinajstić information content (AvgIpc) is 3.34. The topological polar surface area (TPSA) is 88.4 Å². The maximum atomic E-state index is 14.2. The summed E-state index contributed by atoms with van der Waals surface area (Å²) in [6.45, 7) is 11.9. The van der Waals surface area contributed by atoms with E-state index in [4.69, 9.17) is 35.5 Å². The molecule has 3 aromatic carbocycles. The van der Waals surface area contributed by atoms with E-state index in [-0.39, 0.29) is 11.7 Å². The van der Waals surface area contributed by atoms with Crippen LogP contribution in [0.3, 0.4) is 0 Å². The molecule has 47 heavy (non-hydrogen) atoms. The van der Waals surface area contributed by atoms with Crippen LogP contribution in [0, 0.1) is 0 Å².